The number of benzene rings is 1. The number of ether oxygens (including phenoxy) is 1. The van der Waals surface area contributed by atoms with Crippen molar-refractivity contribution < 1.29 is 4.74 Å². The molecule has 2 bridgehead atoms. The van der Waals surface area contributed by atoms with Crippen molar-refractivity contribution in [2.24, 2.45) is 5.73 Å². The minimum Gasteiger partial charge on any atom is -0.373 e. The fraction of sp³-hybridized carbons (Fsp3) is 0.647. The summed E-state index contributed by atoms with van der Waals surface area (Å²) in [5, 5.41) is 0. The Morgan fingerprint density at radius 1 is 1.21 bits per heavy atom. The van der Waals surface area contributed by atoms with E-state index in [1.54, 1.807) is 0 Å². The lowest BCUT2D eigenvalue weighted by atomic mass is 9.78. The number of hydrogen-bond acceptors (Lipinski definition) is 2. The van der Waals surface area contributed by atoms with E-state index < -0.39 is 0 Å². The Kier molecular flexibility index (Phi) is 2.99. The molecule has 2 aliphatic heterocycles. The highest BCUT2D eigenvalue weighted by Crippen LogP contribution is 2.42. The van der Waals surface area contributed by atoms with Crippen LogP contribution in [0.2, 0.25) is 0 Å². The molecule has 19 heavy (non-hydrogen) atoms. The number of hydrogen-bond donors (Lipinski definition) is 1. The van der Waals surface area contributed by atoms with Gasteiger partial charge in [0.2, 0.25) is 0 Å². The summed E-state index contributed by atoms with van der Waals surface area (Å²) in [4.78, 5) is 0. The molecule has 2 heterocycles. The molecule has 3 rings (SSSR count). The highest BCUT2D eigenvalue weighted by atomic mass is 16.5. The molecule has 2 saturated heterocycles. The Hall–Kier alpha value is -0.860. The predicted octanol–water partition coefficient (Wildman–Crippen LogP) is 3.18. The van der Waals surface area contributed by atoms with E-state index in [4.69, 9.17) is 10.5 Å². The first-order chi connectivity index (χ1) is 8.87. The van der Waals surface area contributed by atoms with E-state index in [0.717, 1.165) is 19.3 Å². The minimum absolute atomic E-state index is 0.133. The summed E-state index contributed by atoms with van der Waals surface area (Å²) in [5.41, 5.74) is 9.38. The van der Waals surface area contributed by atoms with Crippen LogP contribution in [0.3, 0.4) is 0 Å². The first-order valence-electron chi connectivity index (χ1n) is 7.41. The molecule has 0 radical (unpaired) electrons. The molecule has 2 N–H and O–H groups in total. The highest BCUT2D eigenvalue weighted by Gasteiger charge is 2.49. The average Bonchev–Trinajstić information content (AvgIpc) is 2.88. The van der Waals surface area contributed by atoms with E-state index in [9.17, 15) is 0 Å². The summed E-state index contributed by atoms with van der Waals surface area (Å²) >= 11 is 0. The van der Waals surface area contributed by atoms with Gasteiger partial charge in [0.15, 0.2) is 0 Å². The third-order valence-electron chi connectivity index (χ3n) is 4.71. The molecule has 2 aliphatic rings. The molecular formula is C17H25NO. The lowest BCUT2D eigenvalue weighted by Gasteiger charge is -2.31. The maximum Gasteiger partial charge on any atom is 0.0763 e. The standard InChI is InChI=1S/C17H25NO/c1-16(2,3)13-6-4-12(5-7-13)10-17(18)11-14-8-9-15(17)19-14/h4-7,14-15H,8-11,18H2,1-3H3. The Balaban J connectivity index is 1.74. The molecule has 2 nitrogen and oxygen atoms in total. The molecule has 0 saturated carbocycles. The van der Waals surface area contributed by atoms with E-state index in [2.05, 4.69) is 45.0 Å². The molecule has 1 aromatic rings. The lowest BCUT2D eigenvalue weighted by Crippen LogP contribution is -2.50. The molecule has 2 heteroatoms. The molecular weight excluding hydrogens is 234 g/mol. The minimum atomic E-state index is -0.133. The number of fused-ring (bicyclic) bond motifs is 2. The van der Waals surface area contributed by atoms with Crippen molar-refractivity contribution >= 4 is 0 Å². The van der Waals surface area contributed by atoms with Gasteiger partial charge in [-0.2, -0.15) is 0 Å². The Labute approximate surface area is 116 Å². The van der Waals surface area contributed by atoms with Gasteiger partial charge in [0.1, 0.15) is 0 Å². The largest absolute Gasteiger partial charge is 0.373 e. The van der Waals surface area contributed by atoms with Crippen LogP contribution in [-0.2, 0) is 16.6 Å². The number of nitrogens with two attached hydrogens (primary N) is 1. The average molecular weight is 259 g/mol. The van der Waals surface area contributed by atoms with Gasteiger partial charge < -0.3 is 10.5 Å². The summed E-state index contributed by atoms with van der Waals surface area (Å²) in [5.74, 6) is 0. The summed E-state index contributed by atoms with van der Waals surface area (Å²) in [6.45, 7) is 6.74. The second-order valence-electron chi connectivity index (χ2n) is 7.39. The van der Waals surface area contributed by atoms with Gasteiger partial charge in [0.05, 0.1) is 12.2 Å². The van der Waals surface area contributed by atoms with Crippen LogP contribution in [0.5, 0.6) is 0 Å². The third kappa shape index (κ3) is 2.44. The molecule has 2 fully saturated rings. The first kappa shape index (κ1) is 13.1. The van der Waals surface area contributed by atoms with Crippen molar-refractivity contribution in [1.29, 1.82) is 0 Å². The van der Waals surface area contributed by atoms with Gasteiger partial charge in [-0.05, 0) is 42.2 Å². The molecule has 1 aromatic carbocycles. The molecule has 3 atom stereocenters. The van der Waals surface area contributed by atoms with Crippen molar-refractivity contribution in [3.63, 3.8) is 0 Å². The van der Waals surface area contributed by atoms with E-state index >= 15 is 0 Å². The summed E-state index contributed by atoms with van der Waals surface area (Å²) in [6.07, 6.45) is 5.01. The van der Waals surface area contributed by atoms with E-state index in [-0.39, 0.29) is 17.1 Å². The molecule has 104 valence electrons. The Bertz CT molecular complexity index is 459. The number of rotatable bonds is 2. The van der Waals surface area contributed by atoms with Gasteiger partial charge in [-0.15, -0.1) is 0 Å². The second kappa shape index (κ2) is 4.32. The van der Waals surface area contributed by atoms with Crippen molar-refractivity contribution in [1.82, 2.24) is 0 Å². The van der Waals surface area contributed by atoms with Crippen LogP contribution < -0.4 is 5.73 Å². The van der Waals surface area contributed by atoms with Crippen molar-refractivity contribution in [2.75, 3.05) is 0 Å². The normalized spacial score (nSPS) is 33.9. The van der Waals surface area contributed by atoms with Gasteiger partial charge in [-0.3, -0.25) is 0 Å². The maximum absolute atomic E-state index is 6.58. The van der Waals surface area contributed by atoms with Crippen LogP contribution in [0.4, 0.5) is 0 Å². The fourth-order valence-corrected chi connectivity index (χ4v) is 3.52. The topological polar surface area (TPSA) is 35.2 Å². The molecule has 0 amide bonds. The van der Waals surface area contributed by atoms with E-state index in [0.29, 0.717) is 6.10 Å². The maximum atomic E-state index is 6.58. The SMILES string of the molecule is CC(C)(C)c1ccc(CC2(N)CC3CCC2O3)cc1. The van der Waals surface area contributed by atoms with E-state index in [1.807, 2.05) is 0 Å². The Morgan fingerprint density at radius 2 is 1.89 bits per heavy atom. The van der Waals surface area contributed by atoms with Crippen LogP contribution in [0.1, 0.15) is 51.2 Å². The second-order valence-corrected chi connectivity index (χ2v) is 7.39. The lowest BCUT2D eigenvalue weighted by molar-refractivity contribution is 0.0856. The van der Waals surface area contributed by atoms with Crippen molar-refractivity contribution in [2.45, 2.75) is 69.6 Å². The zero-order chi connectivity index (χ0) is 13.7. The first-order valence-corrected chi connectivity index (χ1v) is 7.41. The van der Waals surface area contributed by atoms with E-state index in [1.165, 1.54) is 17.5 Å². The van der Waals surface area contributed by atoms with Gasteiger partial charge in [-0.1, -0.05) is 45.0 Å². The zero-order valence-electron chi connectivity index (χ0n) is 12.3. The summed E-state index contributed by atoms with van der Waals surface area (Å²) < 4.78 is 5.91. The molecule has 3 unspecified atom stereocenters. The van der Waals surface area contributed by atoms with Gasteiger partial charge in [0, 0.05) is 5.54 Å². The molecule has 0 aliphatic carbocycles. The van der Waals surface area contributed by atoms with Crippen molar-refractivity contribution in [3.8, 4) is 0 Å². The van der Waals surface area contributed by atoms with Gasteiger partial charge >= 0.3 is 0 Å². The van der Waals surface area contributed by atoms with Crippen LogP contribution in [0.25, 0.3) is 0 Å². The summed E-state index contributed by atoms with van der Waals surface area (Å²) in [7, 11) is 0. The van der Waals surface area contributed by atoms with Gasteiger partial charge in [-0.25, -0.2) is 0 Å². The zero-order valence-corrected chi connectivity index (χ0v) is 12.3. The van der Waals surface area contributed by atoms with Crippen molar-refractivity contribution in [3.05, 3.63) is 35.4 Å². The summed E-state index contributed by atoms with van der Waals surface area (Å²) in [6, 6.07) is 8.96. The molecule has 0 aromatic heterocycles. The van der Waals surface area contributed by atoms with Crippen LogP contribution in [-0.4, -0.2) is 17.7 Å². The van der Waals surface area contributed by atoms with Crippen LogP contribution >= 0.6 is 0 Å². The smallest absolute Gasteiger partial charge is 0.0763 e. The molecule has 0 spiro atoms. The van der Waals surface area contributed by atoms with Crippen LogP contribution in [0.15, 0.2) is 24.3 Å². The van der Waals surface area contributed by atoms with Crippen LogP contribution in [0, 0.1) is 0 Å². The Morgan fingerprint density at radius 3 is 2.37 bits per heavy atom. The predicted molar refractivity (Wildman–Crippen MR) is 78.3 cm³/mol. The fourth-order valence-electron chi connectivity index (χ4n) is 3.52. The van der Waals surface area contributed by atoms with Gasteiger partial charge in [0.25, 0.3) is 0 Å². The monoisotopic (exact) mass is 259 g/mol. The quantitative estimate of drug-likeness (QED) is 0.885. The highest BCUT2D eigenvalue weighted by molar-refractivity contribution is 5.29. The third-order valence-corrected chi connectivity index (χ3v) is 4.71.